The lowest BCUT2D eigenvalue weighted by atomic mass is 9.71. The van der Waals surface area contributed by atoms with E-state index in [9.17, 15) is 14.4 Å². The van der Waals surface area contributed by atoms with Crippen molar-refractivity contribution in [2.24, 2.45) is 0 Å². The number of benzene rings is 2. The molecule has 3 aliphatic rings. The molecule has 6 nitrogen and oxygen atoms in total. The van der Waals surface area contributed by atoms with Crippen LogP contribution in [-0.4, -0.2) is 35.5 Å². The van der Waals surface area contributed by atoms with E-state index in [1.165, 1.54) is 0 Å². The number of nitrogens with zero attached hydrogens (tertiary/aromatic N) is 1. The van der Waals surface area contributed by atoms with Crippen molar-refractivity contribution in [3.05, 3.63) is 81.7 Å². The number of Topliss-reactive ketones (excluding diaryl/α,β-unsaturated/α-hetero) is 2. The Bertz CT molecular complexity index is 1240. The van der Waals surface area contributed by atoms with Crippen LogP contribution in [0.3, 0.4) is 0 Å². The summed E-state index contributed by atoms with van der Waals surface area (Å²) in [5.41, 5.74) is 5.09. The SMILES string of the molecule is CCN1C2=C(C(=O)CCC2)C(c2ccc(OCC(=O)Nc3ccccc3)c(Cl)c2)C2=C1CCCC2=O. The number of ether oxygens (including phenoxy) is 1. The van der Waals surface area contributed by atoms with Crippen LogP contribution in [0.5, 0.6) is 5.75 Å². The molecular formula is C29H29ClN2O4. The zero-order valence-electron chi connectivity index (χ0n) is 20.3. The highest BCUT2D eigenvalue weighted by Gasteiger charge is 2.42. The minimum Gasteiger partial charge on any atom is -0.482 e. The van der Waals surface area contributed by atoms with Crippen molar-refractivity contribution in [3.8, 4) is 5.75 Å². The van der Waals surface area contributed by atoms with Crippen molar-refractivity contribution in [2.45, 2.75) is 51.4 Å². The average molecular weight is 505 g/mol. The average Bonchev–Trinajstić information content (AvgIpc) is 2.88. The topological polar surface area (TPSA) is 75.7 Å². The molecule has 0 atom stereocenters. The van der Waals surface area contributed by atoms with Gasteiger partial charge in [-0.05, 0) is 62.4 Å². The monoisotopic (exact) mass is 504 g/mol. The molecular weight excluding hydrogens is 476 g/mol. The summed E-state index contributed by atoms with van der Waals surface area (Å²) < 4.78 is 5.69. The van der Waals surface area contributed by atoms with Gasteiger partial charge in [0.15, 0.2) is 18.2 Å². The van der Waals surface area contributed by atoms with Crippen molar-refractivity contribution in [1.82, 2.24) is 4.90 Å². The molecule has 1 heterocycles. The molecule has 2 aromatic rings. The van der Waals surface area contributed by atoms with E-state index >= 15 is 0 Å². The van der Waals surface area contributed by atoms with E-state index in [1.54, 1.807) is 24.3 Å². The Balaban J connectivity index is 1.44. The zero-order chi connectivity index (χ0) is 25.2. The minimum atomic E-state index is -0.411. The molecule has 1 amide bonds. The first-order valence-electron chi connectivity index (χ1n) is 12.5. The number of carbonyl (C=O) groups is 3. The van der Waals surface area contributed by atoms with Gasteiger partial charge in [0.2, 0.25) is 0 Å². The lowest BCUT2D eigenvalue weighted by Crippen LogP contribution is -2.39. The van der Waals surface area contributed by atoms with E-state index < -0.39 is 5.92 Å². The van der Waals surface area contributed by atoms with E-state index in [-0.39, 0.29) is 24.1 Å². The first-order valence-corrected chi connectivity index (χ1v) is 12.9. The van der Waals surface area contributed by atoms with Crippen LogP contribution in [0, 0.1) is 0 Å². The van der Waals surface area contributed by atoms with Gasteiger partial charge < -0.3 is 15.0 Å². The maximum atomic E-state index is 13.2. The second-order valence-electron chi connectivity index (χ2n) is 9.34. The molecule has 5 rings (SSSR count). The number of nitrogens with one attached hydrogen (secondary N) is 1. The molecule has 1 aliphatic heterocycles. The van der Waals surface area contributed by atoms with Crippen LogP contribution in [0.1, 0.15) is 56.9 Å². The highest BCUT2D eigenvalue weighted by molar-refractivity contribution is 6.32. The minimum absolute atomic E-state index is 0.110. The number of carbonyl (C=O) groups excluding carboxylic acids is 3. The number of halogens is 1. The molecule has 0 radical (unpaired) electrons. The van der Waals surface area contributed by atoms with E-state index in [0.717, 1.165) is 60.3 Å². The second-order valence-corrected chi connectivity index (χ2v) is 9.75. The van der Waals surface area contributed by atoms with Crippen molar-refractivity contribution < 1.29 is 19.1 Å². The highest BCUT2D eigenvalue weighted by Crippen LogP contribution is 2.49. The van der Waals surface area contributed by atoms with Gasteiger partial charge in [-0.2, -0.15) is 0 Å². The number of ketones is 2. The Morgan fingerprint density at radius 3 is 2.19 bits per heavy atom. The molecule has 0 bridgehead atoms. The van der Waals surface area contributed by atoms with Crippen molar-refractivity contribution in [3.63, 3.8) is 0 Å². The molecule has 36 heavy (non-hydrogen) atoms. The molecule has 2 aliphatic carbocycles. The van der Waals surface area contributed by atoms with Gasteiger partial charge in [-0.25, -0.2) is 0 Å². The molecule has 2 aromatic carbocycles. The van der Waals surface area contributed by atoms with Gasteiger partial charge in [0, 0.05) is 53.5 Å². The third-order valence-electron chi connectivity index (χ3n) is 7.11. The Kier molecular flexibility index (Phi) is 6.97. The summed E-state index contributed by atoms with van der Waals surface area (Å²) in [5, 5.41) is 3.12. The molecule has 0 spiro atoms. The van der Waals surface area contributed by atoms with Crippen LogP contribution in [0.25, 0.3) is 0 Å². The van der Waals surface area contributed by atoms with Gasteiger partial charge in [-0.1, -0.05) is 35.9 Å². The number of allylic oxidation sites excluding steroid dienone is 4. The second kappa shape index (κ2) is 10.3. The van der Waals surface area contributed by atoms with Crippen molar-refractivity contribution in [2.75, 3.05) is 18.5 Å². The molecule has 7 heteroatoms. The van der Waals surface area contributed by atoms with E-state index in [1.807, 2.05) is 24.3 Å². The maximum absolute atomic E-state index is 13.2. The largest absolute Gasteiger partial charge is 0.482 e. The quantitative estimate of drug-likeness (QED) is 0.538. The van der Waals surface area contributed by atoms with Crippen LogP contribution in [0.2, 0.25) is 5.02 Å². The molecule has 1 N–H and O–H groups in total. The van der Waals surface area contributed by atoms with Crippen LogP contribution in [0.15, 0.2) is 71.1 Å². The van der Waals surface area contributed by atoms with Crippen LogP contribution in [-0.2, 0) is 14.4 Å². The fourth-order valence-electron chi connectivity index (χ4n) is 5.61. The first kappa shape index (κ1) is 24.3. The lowest BCUT2D eigenvalue weighted by molar-refractivity contribution is -0.118. The number of rotatable bonds is 6. The summed E-state index contributed by atoms with van der Waals surface area (Å²) in [4.78, 5) is 40.9. The van der Waals surface area contributed by atoms with E-state index in [4.69, 9.17) is 16.3 Å². The maximum Gasteiger partial charge on any atom is 0.262 e. The van der Waals surface area contributed by atoms with Gasteiger partial charge in [0.25, 0.3) is 5.91 Å². The molecule has 0 fully saturated rings. The summed E-state index contributed by atoms with van der Waals surface area (Å²) in [5.74, 6) is -0.106. The van der Waals surface area contributed by atoms with Crippen LogP contribution in [0.4, 0.5) is 5.69 Å². The Morgan fingerprint density at radius 1 is 0.972 bits per heavy atom. The number of hydrogen-bond acceptors (Lipinski definition) is 5. The molecule has 0 aromatic heterocycles. The number of para-hydroxylation sites is 1. The fourth-order valence-corrected chi connectivity index (χ4v) is 5.85. The third kappa shape index (κ3) is 4.58. The zero-order valence-corrected chi connectivity index (χ0v) is 21.1. The summed E-state index contributed by atoms with van der Waals surface area (Å²) in [6.07, 6.45) is 4.32. The smallest absolute Gasteiger partial charge is 0.262 e. The van der Waals surface area contributed by atoms with Gasteiger partial charge in [-0.3, -0.25) is 14.4 Å². The lowest BCUT2D eigenvalue weighted by Gasteiger charge is -2.43. The molecule has 186 valence electrons. The van der Waals surface area contributed by atoms with Gasteiger partial charge in [-0.15, -0.1) is 0 Å². The standard InChI is InChI=1S/C29H29ClN2O4/c1-2-32-21-10-6-12-23(33)28(21)27(29-22(32)11-7-13-24(29)34)18-14-15-25(20(30)16-18)36-17-26(35)31-19-8-4-3-5-9-19/h3-5,8-9,14-16,27H,2,6-7,10-13,17H2,1H3,(H,31,35). The number of hydrogen-bond donors (Lipinski definition) is 1. The molecule has 0 saturated carbocycles. The highest BCUT2D eigenvalue weighted by atomic mass is 35.5. The first-order chi connectivity index (χ1) is 17.5. The van der Waals surface area contributed by atoms with Crippen molar-refractivity contribution in [1.29, 1.82) is 0 Å². The molecule has 0 saturated heterocycles. The predicted octanol–water partition coefficient (Wildman–Crippen LogP) is 5.79. The predicted molar refractivity (Wildman–Crippen MR) is 139 cm³/mol. The Morgan fingerprint density at radius 2 is 1.61 bits per heavy atom. The summed E-state index contributed by atoms with van der Waals surface area (Å²) in [7, 11) is 0. The Hall–Kier alpha value is -3.38. The van der Waals surface area contributed by atoms with E-state index in [0.29, 0.717) is 29.3 Å². The van der Waals surface area contributed by atoms with Gasteiger partial charge in [0.05, 0.1) is 5.02 Å². The fraction of sp³-hybridized carbons (Fsp3) is 0.345. The van der Waals surface area contributed by atoms with Gasteiger partial charge >= 0.3 is 0 Å². The van der Waals surface area contributed by atoms with E-state index in [2.05, 4.69) is 17.1 Å². The van der Waals surface area contributed by atoms with Crippen molar-refractivity contribution >= 4 is 34.8 Å². The van der Waals surface area contributed by atoms with Crippen LogP contribution < -0.4 is 10.1 Å². The number of anilines is 1. The molecule has 0 unspecified atom stereocenters. The Labute approximate surface area is 216 Å². The summed E-state index contributed by atoms with van der Waals surface area (Å²) in [6.45, 7) is 2.62. The van der Waals surface area contributed by atoms with Gasteiger partial charge in [0.1, 0.15) is 5.75 Å². The normalized spacial score (nSPS) is 18.2. The number of amides is 1. The summed E-state index contributed by atoms with van der Waals surface area (Å²) >= 11 is 6.60. The van der Waals surface area contributed by atoms with Crippen LogP contribution >= 0.6 is 11.6 Å². The summed E-state index contributed by atoms with van der Waals surface area (Å²) in [6, 6.07) is 14.5. The third-order valence-corrected chi connectivity index (χ3v) is 7.40.